The summed E-state index contributed by atoms with van der Waals surface area (Å²) < 4.78 is 0. The molecule has 70 valence electrons. The fraction of sp³-hybridized carbons (Fsp3) is 0.909. The van der Waals surface area contributed by atoms with Crippen LogP contribution in [0.15, 0.2) is 0 Å². The summed E-state index contributed by atoms with van der Waals surface area (Å²) in [6.07, 6.45) is 5.36. The summed E-state index contributed by atoms with van der Waals surface area (Å²) in [7, 11) is 0. The van der Waals surface area contributed by atoms with Crippen molar-refractivity contribution < 1.29 is 18.9 Å². The summed E-state index contributed by atoms with van der Waals surface area (Å²) in [5, 5.41) is 0. The van der Waals surface area contributed by atoms with Gasteiger partial charge in [-0.05, 0) is 11.8 Å². The van der Waals surface area contributed by atoms with Crippen molar-refractivity contribution in [2.75, 3.05) is 0 Å². The minimum absolute atomic E-state index is 0. The molecule has 0 heterocycles. The molecule has 3 aliphatic rings. The van der Waals surface area contributed by atoms with Crippen molar-refractivity contribution >= 4 is 17.4 Å². The topological polar surface area (TPSA) is 0 Å². The molecular weight excluding hydrogens is 166 g/mol. The van der Waals surface area contributed by atoms with Crippen LogP contribution in [0.25, 0.3) is 0 Å². The van der Waals surface area contributed by atoms with Crippen LogP contribution in [0.1, 0.15) is 40.5 Å². The van der Waals surface area contributed by atoms with Crippen molar-refractivity contribution in [2.45, 2.75) is 40.5 Å². The Morgan fingerprint density at radius 2 is 1.77 bits per heavy atom. The third-order valence-corrected chi connectivity index (χ3v) is 4.94. The summed E-state index contributed by atoms with van der Waals surface area (Å²) in [5.74, 6) is 1.83. The Labute approximate surface area is 106 Å². The Morgan fingerprint density at radius 1 is 1.23 bits per heavy atom. The summed E-state index contributed by atoms with van der Waals surface area (Å²) in [6.45, 7) is 9.75. The second-order valence-corrected chi connectivity index (χ2v) is 5.30. The van der Waals surface area contributed by atoms with Gasteiger partial charge in [-0.25, -0.2) is 0 Å². The van der Waals surface area contributed by atoms with Crippen LogP contribution in [0, 0.1) is 29.1 Å². The summed E-state index contributed by atoms with van der Waals surface area (Å²) in [6, 6.07) is 0. The molecule has 0 aromatic carbocycles. The quantitative estimate of drug-likeness (QED) is 0.341. The second kappa shape index (κ2) is 3.94. The van der Waals surface area contributed by atoms with E-state index in [0.29, 0.717) is 10.8 Å². The largest absolute Gasteiger partial charge is 1.00 e. The molecule has 0 N–H and O–H groups in total. The van der Waals surface area contributed by atoms with Crippen LogP contribution in [0.4, 0.5) is 0 Å². The van der Waals surface area contributed by atoms with Crippen LogP contribution >= 0.6 is 0 Å². The maximum absolute atomic E-state index is 2.53. The maximum Gasteiger partial charge on any atom is 1.00 e. The Morgan fingerprint density at radius 3 is 2.08 bits per heavy atom. The molecule has 3 saturated carbocycles. The van der Waals surface area contributed by atoms with Crippen molar-refractivity contribution in [2.24, 2.45) is 22.7 Å². The van der Waals surface area contributed by atoms with Crippen LogP contribution in [0.5, 0.6) is 0 Å². The molecule has 13 heavy (non-hydrogen) atoms. The Bertz CT molecular complexity index is 191. The van der Waals surface area contributed by atoms with E-state index < -0.39 is 0 Å². The standard InChI is InChI=1S/C11H19.Al.Li.3H/c1-8-5-6-9-7-11(8,4)10(9,2)3;;;;;/h5,8-9H,6-7H2,1-4H3;;;;;/q-1;;+1;;;/t8-,9+,11-;;;;;/m1...../s1. The van der Waals surface area contributed by atoms with Crippen LogP contribution in [-0.2, 0) is 0 Å². The van der Waals surface area contributed by atoms with E-state index in [1.54, 1.807) is 0 Å². The molecule has 0 unspecified atom stereocenters. The van der Waals surface area contributed by atoms with E-state index in [0.717, 1.165) is 11.8 Å². The van der Waals surface area contributed by atoms with E-state index in [1.807, 2.05) is 0 Å². The molecule has 2 bridgehead atoms. The molecule has 3 rings (SSSR count). The molecule has 0 nitrogen and oxygen atoms in total. The van der Waals surface area contributed by atoms with Gasteiger partial charge in [0.2, 0.25) is 0 Å². The molecule has 0 saturated heterocycles. The first kappa shape index (κ1) is 14.1. The number of fused-ring (bicyclic) bond motifs is 2. The molecule has 0 aliphatic heterocycles. The molecule has 3 aliphatic carbocycles. The van der Waals surface area contributed by atoms with Gasteiger partial charge in [0.15, 0.2) is 17.4 Å². The molecule has 0 amide bonds. The average Bonchev–Trinajstić information content (AvgIpc) is 1.94. The van der Waals surface area contributed by atoms with E-state index in [-0.39, 0.29) is 36.2 Å². The Hall–Kier alpha value is 1.13. The van der Waals surface area contributed by atoms with Crippen LogP contribution < -0.4 is 18.9 Å². The number of rotatable bonds is 0. The fourth-order valence-corrected chi connectivity index (χ4v) is 3.14. The van der Waals surface area contributed by atoms with Crippen LogP contribution in [-0.4, -0.2) is 17.4 Å². The van der Waals surface area contributed by atoms with Gasteiger partial charge in [-0.15, -0.1) is 0 Å². The normalized spacial score (nSPS) is 45.2. The fourth-order valence-electron chi connectivity index (χ4n) is 3.14. The van der Waals surface area contributed by atoms with Crippen molar-refractivity contribution in [3.8, 4) is 0 Å². The minimum atomic E-state index is 0. The van der Waals surface area contributed by atoms with Gasteiger partial charge in [0.1, 0.15) is 0 Å². The molecular formula is C11H22AlLi. The van der Waals surface area contributed by atoms with Gasteiger partial charge in [-0.2, -0.15) is 12.3 Å². The van der Waals surface area contributed by atoms with E-state index in [2.05, 4.69) is 34.1 Å². The molecule has 2 heteroatoms. The van der Waals surface area contributed by atoms with Gasteiger partial charge in [-0.3, -0.25) is 0 Å². The first-order valence-electron chi connectivity index (χ1n) is 4.82. The average molecular weight is 188 g/mol. The van der Waals surface area contributed by atoms with Gasteiger partial charge in [-0.1, -0.05) is 39.0 Å². The van der Waals surface area contributed by atoms with Crippen molar-refractivity contribution in [3.63, 3.8) is 0 Å². The third kappa shape index (κ3) is 1.58. The second-order valence-electron chi connectivity index (χ2n) is 5.30. The Balaban J connectivity index is 0.000000720. The van der Waals surface area contributed by atoms with Crippen molar-refractivity contribution in [1.82, 2.24) is 0 Å². The van der Waals surface area contributed by atoms with E-state index in [9.17, 15) is 0 Å². The SMILES string of the molecule is C[C@@H]1[CH-]C[C@H]2C[C@@]1(C)C2(C)C.[AlH3].[Li+]. The number of hydrogen-bond acceptors (Lipinski definition) is 0. The van der Waals surface area contributed by atoms with Gasteiger partial charge in [0.05, 0.1) is 0 Å². The maximum atomic E-state index is 2.53. The third-order valence-electron chi connectivity index (χ3n) is 4.94. The first-order valence-corrected chi connectivity index (χ1v) is 4.82. The number of hydrogen-bond donors (Lipinski definition) is 0. The molecule has 3 atom stereocenters. The van der Waals surface area contributed by atoms with Crippen molar-refractivity contribution in [3.05, 3.63) is 6.42 Å². The molecule has 0 spiro atoms. The first-order chi connectivity index (χ1) is 4.98. The van der Waals surface area contributed by atoms with E-state index in [4.69, 9.17) is 0 Å². The zero-order chi connectivity index (χ0) is 8.28. The van der Waals surface area contributed by atoms with E-state index >= 15 is 0 Å². The predicted octanol–water partition coefficient (Wildman–Crippen LogP) is -0.897. The zero-order valence-electron chi connectivity index (χ0n) is 9.15. The minimum Gasteiger partial charge on any atom is -0.325 e. The van der Waals surface area contributed by atoms with Crippen LogP contribution in [0.2, 0.25) is 0 Å². The van der Waals surface area contributed by atoms with E-state index in [1.165, 1.54) is 12.8 Å². The molecule has 0 radical (unpaired) electrons. The van der Waals surface area contributed by atoms with Crippen LogP contribution in [0.3, 0.4) is 0 Å². The predicted molar refractivity (Wildman–Crippen MR) is 58.0 cm³/mol. The summed E-state index contributed by atoms with van der Waals surface area (Å²) in [5.41, 5.74) is 1.23. The zero-order valence-corrected chi connectivity index (χ0v) is 9.15. The molecule has 0 aromatic rings. The molecule has 0 aromatic heterocycles. The van der Waals surface area contributed by atoms with Gasteiger partial charge >= 0.3 is 18.9 Å². The molecule has 3 fully saturated rings. The summed E-state index contributed by atoms with van der Waals surface area (Å²) in [4.78, 5) is 0. The smallest absolute Gasteiger partial charge is 0.325 e. The van der Waals surface area contributed by atoms with Gasteiger partial charge < -0.3 is 6.42 Å². The Kier molecular flexibility index (Phi) is 4.29. The van der Waals surface area contributed by atoms with Crippen molar-refractivity contribution in [1.29, 1.82) is 0 Å². The van der Waals surface area contributed by atoms with Gasteiger partial charge in [0, 0.05) is 0 Å². The summed E-state index contributed by atoms with van der Waals surface area (Å²) >= 11 is 0. The van der Waals surface area contributed by atoms with Gasteiger partial charge in [0.25, 0.3) is 0 Å². The monoisotopic (exact) mass is 188 g/mol.